The van der Waals surface area contributed by atoms with Gasteiger partial charge >= 0.3 is 0 Å². The monoisotopic (exact) mass is 419 g/mol. The van der Waals surface area contributed by atoms with E-state index in [-0.39, 0.29) is 17.7 Å². The van der Waals surface area contributed by atoms with Crippen molar-refractivity contribution in [2.45, 2.75) is 64.6 Å². The minimum atomic E-state index is -0.142. The van der Waals surface area contributed by atoms with Crippen LogP contribution in [-0.2, 0) is 29.1 Å². The number of nitrogens with zero attached hydrogens (tertiary/aromatic N) is 1. The van der Waals surface area contributed by atoms with E-state index in [4.69, 9.17) is 0 Å². The fourth-order valence-electron chi connectivity index (χ4n) is 4.63. The second kappa shape index (κ2) is 10.1. The summed E-state index contributed by atoms with van der Waals surface area (Å²) in [6.45, 7) is 5.03. The summed E-state index contributed by atoms with van der Waals surface area (Å²) in [4.78, 5) is 27.2. The van der Waals surface area contributed by atoms with Gasteiger partial charge in [-0.05, 0) is 61.9 Å². The van der Waals surface area contributed by atoms with E-state index >= 15 is 0 Å². The Bertz CT molecular complexity index is 909. The molecule has 2 N–H and O–H groups in total. The summed E-state index contributed by atoms with van der Waals surface area (Å²) in [6, 6.07) is 17.1. The number of likely N-dealkylation sites (tertiary alicyclic amines) is 1. The molecule has 0 saturated carbocycles. The number of nitrogens with one attached hydrogen (secondary N) is 2. The highest BCUT2D eigenvalue weighted by Crippen LogP contribution is 2.27. The highest BCUT2D eigenvalue weighted by atomic mass is 16.2. The summed E-state index contributed by atoms with van der Waals surface area (Å²) in [6.07, 6.45) is 5.56. The smallest absolute Gasteiger partial charge is 0.227 e. The Morgan fingerprint density at radius 2 is 1.87 bits per heavy atom. The van der Waals surface area contributed by atoms with Gasteiger partial charge < -0.3 is 10.6 Å². The molecule has 0 bridgehead atoms. The van der Waals surface area contributed by atoms with Crippen molar-refractivity contribution < 1.29 is 9.59 Å². The van der Waals surface area contributed by atoms with Crippen LogP contribution in [0.25, 0.3) is 0 Å². The van der Waals surface area contributed by atoms with E-state index in [0.717, 1.165) is 23.4 Å². The summed E-state index contributed by atoms with van der Waals surface area (Å²) < 4.78 is 0. The van der Waals surface area contributed by atoms with Crippen LogP contribution in [0.3, 0.4) is 0 Å². The van der Waals surface area contributed by atoms with Crippen molar-refractivity contribution in [3.8, 4) is 0 Å². The molecular weight excluding hydrogens is 386 g/mol. The Kier molecular flexibility index (Phi) is 7.03. The average molecular weight is 420 g/mol. The van der Waals surface area contributed by atoms with Crippen molar-refractivity contribution in [3.63, 3.8) is 0 Å². The Balaban J connectivity index is 1.20. The van der Waals surface area contributed by atoms with Gasteiger partial charge in [-0.1, -0.05) is 48.9 Å². The second-order valence-corrected chi connectivity index (χ2v) is 8.99. The molecule has 4 rings (SSSR count). The lowest BCUT2D eigenvalue weighted by molar-refractivity contribution is -0.122. The van der Waals surface area contributed by atoms with E-state index in [2.05, 4.69) is 46.7 Å². The first-order valence-electron chi connectivity index (χ1n) is 11.6. The quantitative estimate of drug-likeness (QED) is 0.705. The van der Waals surface area contributed by atoms with Gasteiger partial charge in [-0.2, -0.15) is 0 Å². The highest BCUT2D eigenvalue weighted by Gasteiger charge is 2.26. The number of anilines is 1. The van der Waals surface area contributed by atoms with Crippen molar-refractivity contribution in [2.24, 2.45) is 5.92 Å². The van der Waals surface area contributed by atoms with Gasteiger partial charge in [-0.3, -0.25) is 14.5 Å². The lowest BCUT2D eigenvalue weighted by Crippen LogP contribution is -2.36. The topological polar surface area (TPSA) is 61.4 Å². The van der Waals surface area contributed by atoms with Crippen molar-refractivity contribution in [2.75, 3.05) is 11.9 Å². The number of hydrogen-bond acceptors (Lipinski definition) is 3. The first-order valence-corrected chi connectivity index (χ1v) is 11.6. The van der Waals surface area contributed by atoms with Gasteiger partial charge in [0.2, 0.25) is 11.8 Å². The van der Waals surface area contributed by atoms with Gasteiger partial charge in [0, 0.05) is 37.2 Å². The van der Waals surface area contributed by atoms with E-state index in [1.807, 2.05) is 24.3 Å². The van der Waals surface area contributed by atoms with Crippen LogP contribution in [0.2, 0.25) is 0 Å². The molecule has 31 heavy (non-hydrogen) atoms. The Hall–Kier alpha value is -2.66. The van der Waals surface area contributed by atoms with Crippen LogP contribution < -0.4 is 10.6 Å². The van der Waals surface area contributed by atoms with E-state index < -0.39 is 0 Å². The standard InChI is InChI=1S/C26H33N3O2/c1-19-6-4-5-15-29(19)18-21-11-9-20(10-12-21)17-27-25(30)14-13-23-16-22-7-2-3-8-24(22)28-26(23)31/h2-3,7-12,19,23H,4-6,13-18H2,1H3,(H,27,30)(H,28,31)/t19-,23+/m0/s1. The van der Waals surface area contributed by atoms with Crippen LogP contribution in [0.4, 0.5) is 5.69 Å². The normalized spacial score (nSPS) is 21.3. The number of para-hydroxylation sites is 1. The molecule has 2 aromatic carbocycles. The molecule has 5 nitrogen and oxygen atoms in total. The third-order valence-electron chi connectivity index (χ3n) is 6.67. The van der Waals surface area contributed by atoms with Gasteiger partial charge in [-0.25, -0.2) is 0 Å². The Morgan fingerprint density at radius 3 is 2.68 bits per heavy atom. The highest BCUT2D eigenvalue weighted by molar-refractivity contribution is 5.96. The molecule has 5 heteroatoms. The van der Waals surface area contributed by atoms with Crippen LogP contribution >= 0.6 is 0 Å². The molecule has 2 atom stereocenters. The van der Waals surface area contributed by atoms with Crippen LogP contribution in [0.5, 0.6) is 0 Å². The van der Waals surface area contributed by atoms with Gasteiger partial charge in [0.15, 0.2) is 0 Å². The summed E-state index contributed by atoms with van der Waals surface area (Å²) in [5, 5.41) is 5.95. The lowest BCUT2D eigenvalue weighted by Gasteiger charge is -2.33. The number of piperidine rings is 1. The third kappa shape index (κ3) is 5.73. The van der Waals surface area contributed by atoms with E-state index in [0.29, 0.717) is 31.8 Å². The van der Waals surface area contributed by atoms with E-state index in [9.17, 15) is 9.59 Å². The SMILES string of the molecule is C[C@H]1CCCCN1Cc1ccc(CNC(=O)CC[C@@H]2Cc3ccccc3NC2=O)cc1. The number of rotatable bonds is 7. The van der Waals surface area contributed by atoms with Crippen molar-refractivity contribution in [1.82, 2.24) is 10.2 Å². The molecule has 0 unspecified atom stereocenters. The zero-order chi connectivity index (χ0) is 21.6. The average Bonchev–Trinajstić information content (AvgIpc) is 2.78. The number of carbonyl (C=O) groups excluding carboxylic acids is 2. The first-order chi connectivity index (χ1) is 15.1. The molecule has 2 heterocycles. The molecule has 0 aromatic heterocycles. The molecule has 0 spiro atoms. The van der Waals surface area contributed by atoms with Crippen LogP contribution in [0.15, 0.2) is 48.5 Å². The molecule has 2 aliphatic rings. The molecule has 0 radical (unpaired) electrons. The zero-order valence-electron chi connectivity index (χ0n) is 18.4. The predicted octanol–water partition coefficient (Wildman–Crippen LogP) is 4.27. The van der Waals surface area contributed by atoms with E-state index in [1.165, 1.54) is 31.4 Å². The fourth-order valence-corrected chi connectivity index (χ4v) is 4.63. The number of fused-ring (bicyclic) bond motifs is 1. The zero-order valence-corrected chi connectivity index (χ0v) is 18.4. The summed E-state index contributed by atoms with van der Waals surface area (Å²) in [5.74, 6) is -0.125. The largest absolute Gasteiger partial charge is 0.352 e. The number of carbonyl (C=O) groups is 2. The first kappa shape index (κ1) is 21.6. The molecule has 0 aliphatic carbocycles. The summed E-state index contributed by atoms with van der Waals surface area (Å²) in [7, 11) is 0. The number of benzene rings is 2. The molecule has 2 amide bonds. The van der Waals surface area contributed by atoms with Crippen LogP contribution in [-0.4, -0.2) is 29.3 Å². The Morgan fingerprint density at radius 1 is 1.10 bits per heavy atom. The van der Waals surface area contributed by atoms with Crippen molar-refractivity contribution in [1.29, 1.82) is 0 Å². The van der Waals surface area contributed by atoms with Crippen LogP contribution in [0.1, 0.15) is 55.7 Å². The molecule has 1 fully saturated rings. The minimum absolute atomic E-state index is 0.00197. The Labute approximate surface area is 185 Å². The maximum atomic E-state index is 12.3. The molecule has 2 aliphatic heterocycles. The van der Waals surface area contributed by atoms with Crippen molar-refractivity contribution in [3.05, 3.63) is 65.2 Å². The minimum Gasteiger partial charge on any atom is -0.352 e. The summed E-state index contributed by atoms with van der Waals surface area (Å²) >= 11 is 0. The molecule has 1 saturated heterocycles. The van der Waals surface area contributed by atoms with Crippen molar-refractivity contribution >= 4 is 17.5 Å². The van der Waals surface area contributed by atoms with Crippen LogP contribution in [0, 0.1) is 5.92 Å². The molecular formula is C26H33N3O2. The van der Waals surface area contributed by atoms with Gasteiger partial charge in [0.25, 0.3) is 0 Å². The lowest BCUT2D eigenvalue weighted by atomic mass is 9.89. The number of amides is 2. The third-order valence-corrected chi connectivity index (χ3v) is 6.67. The van der Waals surface area contributed by atoms with Gasteiger partial charge in [0.1, 0.15) is 0 Å². The van der Waals surface area contributed by atoms with Gasteiger partial charge in [-0.15, -0.1) is 0 Å². The fraction of sp³-hybridized carbons (Fsp3) is 0.462. The summed E-state index contributed by atoms with van der Waals surface area (Å²) in [5.41, 5.74) is 4.47. The van der Waals surface area contributed by atoms with Gasteiger partial charge in [0.05, 0.1) is 0 Å². The predicted molar refractivity (Wildman–Crippen MR) is 124 cm³/mol. The maximum absolute atomic E-state index is 12.3. The molecule has 164 valence electrons. The van der Waals surface area contributed by atoms with E-state index in [1.54, 1.807) is 0 Å². The maximum Gasteiger partial charge on any atom is 0.227 e. The number of hydrogen-bond donors (Lipinski definition) is 2. The second-order valence-electron chi connectivity index (χ2n) is 8.99. The molecule has 2 aromatic rings.